The van der Waals surface area contributed by atoms with Crippen molar-refractivity contribution in [3.8, 4) is 0 Å². The van der Waals surface area contributed by atoms with Crippen LogP contribution in [0.25, 0.3) is 21.8 Å². The standard InChI is InChI=1S/C25H31N7O2/c1-6-15(2)22(24(34)26-14-21-29-31-32(30-21)25(3,4)5)28-23(33)16-11-12-20-18(13-16)17-9-7-8-10-19(17)27-20/h7-13,15,22,27H,6,14H2,1-5H3,(H,26,34)(H,28,33)/t15?,22-/m0/s1. The van der Waals surface area contributed by atoms with Gasteiger partial charge in [-0.25, -0.2) is 0 Å². The first-order valence-corrected chi connectivity index (χ1v) is 11.6. The van der Waals surface area contributed by atoms with Crippen LogP contribution in [0.15, 0.2) is 42.5 Å². The summed E-state index contributed by atoms with van der Waals surface area (Å²) in [5.41, 5.74) is 2.19. The minimum Gasteiger partial charge on any atom is -0.355 e. The maximum Gasteiger partial charge on any atom is 0.251 e. The number of fused-ring (bicyclic) bond motifs is 3. The molecule has 2 atom stereocenters. The molecule has 4 aromatic rings. The van der Waals surface area contributed by atoms with Crippen molar-refractivity contribution in [1.82, 2.24) is 35.8 Å². The summed E-state index contributed by atoms with van der Waals surface area (Å²) >= 11 is 0. The van der Waals surface area contributed by atoms with Gasteiger partial charge in [0, 0.05) is 27.4 Å². The van der Waals surface area contributed by atoms with Crippen molar-refractivity contribution in [2.75, 3.05) is 0 Å². The summed E-state index contributed by atoms with van der Waals surface area (Å²) in [6.07, 6.45) is 0.734. The van der Waals surface area contributed by atoms with Crippen LogP contribution in [-0.4, -0.2) is 43.0 Å². The SMILES string of the molecule is CCC(C)[C@H](NC(=O)c1ccc2[nH]c3ccccc3c2c1)C(=O)NCc1nnn(C(C)(C)C)n1. The average Bonchev–Trinajstić information content (AvgIpc) is 3.44. The van der Waals surface area contributed by atoms with Gasteiger partial charge in [0.2, 0.25) is 5.91 Å². The van der Waals surface area contributed by atoms with Gasteiger partial charge < -0.3 is 15.6 Å². The van der Waals surface area contributed by atoms with Crippen LogP contribution in [0.5, 0.6) is 0 Å². The van der Waals surface area contributed by atoms with Crippen LogP contribution < -0.4 is 10.6 Å². The van der Waals surface area contributed by atoms with E-state index in [0.717, 1.165) is 28.2 Å². The number of aromatic nitrogens is 5. The Morgan fingerprint density at radius 1 is 1.09 bits per heavy atom. The third-order valence-corrected chi connectivity index (χ3v) is 6.03. The highest BCUT2D eigenvalue weighted by Crippen LogP contribution is 2.26. The summed E-state index contributed by atoms with van der Waals surface area (Å²) in [7, 11) is 0. The highest BCUT2D eigenvalue weighted by atomic mass is 16.2. The Hall–Kier alpha value is -3.75. The van der Waals surface area contributed by atoms with Gasteiger partial charge in [0.1, 0.15) is 6.04 Å². The lowest BCUT2D eigenvalue weighted by Gasteiger charge is -2.23. The van der Waals surface area contributed by atoms with Crippen LogP contribution in [0, 0.1) is 5.92 Å². The molecule has 0 spiro atoms. The molecule has 4 rings (SSSR count). The molecule has 0 aliphatic rings. The van der Waals surface area contributed by atoms with Crippen molar-refractivity contribution >= 4 is 33.6 Å². The van der Waals surface area contributed by atoms with Crippen LogP contribution in [0.1, 0.15) is 57.2 Å². The lowest BCUT2D eigenvalue weighted by molar-refractivity contribution is -0.124. The molecule has 0 radical (unpaired) electrons. The maximum absolute atomic E-state index is 13.1. The van der Waals surface area contributed by atoms with Crippen LogP contribution in [-0.2, 0) is 16.9 Å². The minimum absolute atomic E-state index is 0.0565. The van der Waals surface area contributed by atoms with E-state index in [-0.39, 0.29) is 29.8 Å². The molecule has 0 aliphatic carbocycles. The normalized spacial score (nSPS) is 13.7. The highest BCUT2D eigenvalue weighted by molar-refractivity contribution is 6.10. The highest BCUT2D eigenvalue weighted by Gasteiger charge is 2.27. The summed E-state index contributed by atoms with van der Waals surface area (Å²) in [6, 6.07) is 12.8. The van der Waals surface area contributed by atoms with Crippen LogP contribution in [0.4, 0.5) is 0 Å². The molecule has 0 saturated heterocycles. The number of H-pyrrole nitrogens is 1. The van der Waals surface area contributed by atoms with E-state index in [2.05, 4.69) is 31.0 Å². The summed E-state index contributed by atoms with van der Waals surface area (Å²) in [6.45, 7) is 9.99. The predicted molar refractivity (Wildman–Crippen MR) is 131 cm³/mol. The summed E-state index contributed by atoms with van der Waals surface area (Å²) in [4.78, 5) is 31.0. The van der Waals surface area contributed by atoms with Gasteiger partial charge in [0.25, 0.3) is 5.91 Å². The van der Waals surface area contributed by atoms with Crippen molar-refractivity contribution in [2.45, 2.75) is 59.2 Å². The Kier molecular flexibility index (Phi) is 6.37. The first-order chi connectivity index (χ1) is 16.2. The zero-order chi connectivity index (χ0) is 24.5. The Morgan fingerprint density at radius 2 is 1.82 bits per heavy atom. The number of hydrogen-bond donors (Lipinski definition) is 3. The topological polar surface area (TPSA) is 118 Å². The number of rotatable bonds is 7. The van der Waals surface area contributed by atoms with Gasteiger partial charge >= 0.3 is 0 Å². The van der Waals surface area contributed by atoms with Crippen LogP contribution in [0.2, 0.25) is 0 Å². The van der Waals surface area contributed by atoms with Gasteiger partial charge in [-0.05, 0) is 56.2 Å². The van der Waals surface area contributed by atoms with Crippen molar-refractivity contribution < 1.29 is 9.59 Å². The smallest absolute Gasteiger partial charge is 0.251 e. The van der Waals surface area contributed by atoms with E-state index in [4.69, 9.17) is 0 Å². The second kappa shape index (κ2) is 9.24. The van der Waals surface area contributed by atoms with Crippen molar-refractivity contribution in [3.63, 3.8) is 0 Å². The summed E-state index contributed by atoms with van der Waals surface area (Å²) < 4.78 is 0. The number of para-hydroxylation sites is 1. The van der Waals surface area contributed by atoms with Crippen LogP contribution >= 0.6 is 0 Å². The fraction of sp³-hybridized carbons (Fsp3) is 0.400. The van der Waals surface area contributed by atoms with E-state index in [0.29, 0.717) is 11.4 Å². The quantitative estimate of drug-likeness (QED) is 0.389. The molecule has 0 fully saturated rings. The Bertz CT molecular complexity index is 1330. The van der Waals surface area contributed by atoms with Gasteiger partial charge in [-0.1, -0.05) is 38.5 Å². The largest absolute Gasteiger partial charge is 0.355 e. The fourth-order valence-electron chi connectivity index (χ4n) is 3.79. The molecule has 9 heteroatoms. The number of nitrogens with zero attached hydrogens (tertiary/aromatic N) is 4. The van der Waals surface area contributed by atoms with Gasteiger partial charge in [-0.3, -0.25) is 9.59 Å². The molecule has 9 nitrogen and oxygen atoms in total. The molecule has 2 heterocycles. The van der Waals surface area contributed by atoms with E-state index >= 15 is 0 Å². The molecule has 2 aromatic carbocycles. The minimum atomic E-state index is -0.686. The number of carbonyl (C=O) groups is 2. The maximum atomic E-state index is 13.1. The molecule has 2 aromatic heterocycles. The Morgan fingerprint density at radius 3 is 2.53 bits per heavy atom. The predicted octanol–water partition coefficient (Wildman–Crippen LogP) is 3.52. The van der Waals surface area contributed by atoms with Crippen molar-refractivity contribution in [2.24, 2.45) is 5.92 Å². The van der Waals surface area contributed by atoms with E-state index in [1.54, 1.807) is 6.07 Å². The third-order valence-electron chi connectivity index (χ3n) is 6.03. The second-order valence-electron chi connectivity index (χ2n) is 9.65. The van der Waals surface area contributed by atoms with Gasteiger partial charge in [-0.2, -0.15) is 4.80 Å². The molecule has 178 valence electrons. The number of hydrogen-bond acceptors (Lipinski definition) is 5. The lowest BCUT2D eigenvalue weighted by atomic mass is 9.97. The van der Waals surface area contributed by atoms with Gasteiger partial charge in [0.05, 0.1) is 12.1 Å². The second-order valence-corrected chi connectivity index (χ2v) is 9.65. The van der Waals surface area contributed by atoms with Gasteiger partial charge in [0.15, 0.2) is 5.82 Å². The lowest BCUT2D eigenvalue weighted by Crippen LogP contribution is -2.50. The zero-order valence-corrected chi connectivity index (χ0v) is 20.2. The first-order valence-electron chi connectivity index (χ1n) is 11.6. The number of amides is 2. The van der Waals surface area contributed by atoms with E-state index < -0.39 is 6.04 Å². The molecule has 1 unspecified atom stereocenters. The molecule has 2 amide bonds. The number of benzene rings is 2. The Balaban J connectivity index is 1.49. The number of tetrazole rings is 1. The molecule has 34 heavy (non-hydrogen) atoms. The number of nitrogens with one attached hydrogen (secondary N) is 3. The van der Waals surface area contributed by atoms with E-state index in [1.165, 1.54) is 4.80 Å². The molecule has 0 bridgehead atoms. The monoisotopic (exact) mass is 461 g/mol. The molecule has 3 N–H and O–H groups in total. The zero-order valence-electron chi connectivity index (χ0n) is 20.2. The molecular formula is C25H31N7O2. The summed E-state index contributed by atoms with van der Waals surface area (Å²) in [5, 5.41) is 20.2. The third kappa shape index (κ3) is 4.78. The molecule has 0 saturated carbocycles. The fourth-order valence-corrected chi connectivity index (χ4v) is 3.79. The number of aromatic amines is 1. The number of carbonyl (C=O) groups excluding carboxylic acids is 2. The molecular weight excluding hydrogens is 430 g/mol. The molecule has 0 aliphatic heterocycles. The van der Waals surface area contributed by atoms with Gasteiger partial charge in [-0.15, -0.1) is 10.2 Å². The van der Waals surface area contributed by atoms with E-state index in [9.17, 15) is 9.59 Å². The van der Waals surface area contributed by atoms with Crippen LogP contribution in [0.3, 0.4) is 0 Å². The van der Waals surface area contributed by atoms with Crippen molar-refractivity contribution in [1.29, 1.82) is 0 Å². The average molecular weight is 462 g/mol. The van der Waals surface area contributed by atoms with Crippen molar-refractivity contribution in [3.05, 3.63) is 53.9 Å². The Labute approximate surface area is 198 Å². The first kappa shape index (κ1) is 23.4. The van der Waals surface area contributed by atoms with E-state index in [1.807, 2.05) is 71.0 Å². The summed E-state index contributed by atoms with van der Waals surface area (Å²) in [5.74, 6) is -0.200.